The van der Waals surface area contributed by atoms with E-state index in [0.717, 1.165) is 19.1 Å². The number of carboxylic acid groups (broad SMARTS) is 2. The maximum Gasteiger partial charge on any atom is 1.00 e. The Morgan fingerprint density at radius 2 is 1.79 bits per heavy atom. The molecule has 0 aromatic heterocycles. The molecule has 2 saturated heterocycles. The van der Waals surface area contributed by atoms with E-state index in [0.29, 0.717) is 11.0 Å². The van der Waals surface area contributed by atoms with Crippen LogP contribution in [0.2, 0.25) is 0 Å². The Hall–Kier alpha value is -1.61. The number of fused-ring (bicyclic) bond motifs is 1. The summed E-state index contributed by atoms with van der Waals surface area (Å²) in [5, 5.41) is 39.1. The number of carbonyl (C=O) groups excluding carboxylic acids is 2. The number of carboxylic acids is 2. The molecule has 2 fully saturated rings. The first kappa shape index (κ1) is 29.4. The van der Waals surface area contributed by atoms with Crippen LogP contribution in [0.4, 0.5) is 0 Å². The summed E-state index contributed by atoms with van der Waals surface area (Å²) in [6.07, 6.45) is -0.0858. The zero-order chi connectivity index (χ0) is 23.3. The Bertz CT molecular complexity index is 1150. The van der Waals surface area contributed by atoms with E-state index < -0.39 is 79.9 Å². The second kappa shape index (κ2) is 10.3. The van der Waals surface area contributed by atoms with Gasteiger partial charge in [-0.1, -0.05) is 18.2 Å². The molecule has 15 heteroatoms. The number of rotatable bonds is 6. The number of nitrogens with zero attached hydrogens (tertiary/aromatic N) is 1. The molecule has 1 amide bonds. The summed E-state index contributed by atoms with van der Waals surface area (Å²) in [6, 6.07) is 1.18. The Labute approximate surface area is 231 Å². The molecule has 1 aromatic carbocycles. The van der Waals surface area contributed by atoms with Gasteiger partial charge in [0.25, 0.3) is 5.91 Å². The van der Waals surface area contributed by atoms with E-state index in [4.69, 9.17) is 9.84 Å². The predicted molar refractivity (Wildman–Crippen MR) is 95.1 cm³/mol. The molecule has 166 valence electrons. The molecule has 2 aliphatic heterocycles. The molecule has 2 N–H and O–H groups in total. The number of amides is 1. The van der Waals surface area contributed by atoms with Gasteiger partial charge >= 0.3 is 77.0 Å². The van der Waals surface area contributed by atoms with Crippen LogP contribution >= 0.6 is 0 Å². The molecule has 0 spiro atoms. The minimum atomic E-state index is -4.51. The SMILES string of the molecule is C[C@]1(COC(=O)Cc2ccc([O-])c([O-])c2)[C@H](C(=O)O)N2C(=O)/C(=C\C(=O)O)[C@H]2S1(=O)=O.[Na+].[Na+]. The van der Waals surface area contributed by atoms with E-state index >= 15 is 0 Å². The van der Waals surface area contributed by atoms with Crippen LogP contribution in [0.15, 0.2) is 29.8 Å². The van der Waals surface area contributed by atoms with Crippen LogP contribution in [-0.2, 0) is 40.2 Å². The second-order valence-electron chi connectivity index (χ2n) is 7.22. The molecular formula is C18H15NNa2O11S. The van der Waals surface area contributed by atoms with Gasteiger partial charge in [-0.3, -0.25) is 9.59 Å². The van der Waals surface area contributed by atoms with Gasteiger partial charge in [0.1, 0.15) is 11.4 Å². The monoisotopic (exact) mass is 499 g/mol. The van der Waals surface area contributed by atoms with Crippen molar-refractivity contribution in [1.29, 1.82) is 0 Å². The van der Waals surface area contributed by atoms with Gasteiger partial charge in [0, 0.05) is 6.08 Å². The minimum Gasteiger partial charge on any atom is -0.873 e. The van der Waals surface area contributed by atoms with Crippen molar-refractivity contribution < 1.29 is 112 Å². The number of aliphatic carboxylic acids is 2. The predicted octanol–water partition coefficient (Wildman–Crippen LogP) is -8.25. The van der Waals surface area contributed by atoms with Gasteiger partial charge in [-0.15, -0.1) is 11.5 Å². The van der Waals surface area contributed by atoms with Gasteiger partial charge in [0.2, 0.25) is 0 Å². The first-order valence-corrected chi connectivity index (χ1v) is 10.2. The van der Waals surface area contributed by atoms with Gasteiger partial charge < -0.3 is 30.1 Å². The maximum atomic E-state index is 13.0. The molecule has 3 rings (SSSR count). The molecule has 2 heterocycles. The van der Waals surface area contributed by atoms with Gasteiger partial charge in [-0.05, 0) is 12.5 Å². The van der Waals surface area contributed by atoms with Gasteiger partial charge in [0.15, 0.2) is 21.3 Å². The molecule has 0 aliphatic carbocycles. The quantitative estimate of drug-likeness (QED) is 0.163. The summed E-state index contributed by atoms with van der Waals surface area (Å²) >= 11 is 0. The van der Waals surface area contributed by atoms with E-state index in [9.17, 15) is 42.9 Å². The Morgan fingerprint density at radius 3 is 2.30 bits per heavy atom. The number of carbonyl (C=O) groups is 4. The van der Waals surface area contributed by atoms with Crippen molar-refractivity contribution in [3.63, 3.8) is 0 Å². The van der Waals surface area contributed by atoms with Crippen LogP contribution in [0.3, 0.4) is 0 Å². The molecular weight excluding hydrogens is 484 g/mol. The number of benzene rings is 1. The third-order valence-electron chi connectivity index (χ3n) is 5.19. The molecule has 3 atom stereocenters. The topological polar surface area (TPSA) is 201 Å². The normalized spacial score (nSPS) is 25.8. The number of esters is 1. The largest absolute Gasteiger partial charge is 1.00 e. The number of β-lactam (4-membered cyclic amide) rings is 1. The number of sulfone groups is 1. The van der Waals surface area contributed by atoms with Gasteiger partial charge in [-0.2, -0.15) is 0 Å². The molecule has 12 nitrogen and oxygen atoms in total. The smallest absolute Gasteiger partial charge is 0.873 e. The van der Waals surface area contributed by atoms with E-state index in [2.05, 4.69) is 0 Å². The fraction of sp³-hybridized carbons (Fsp3) is 0.333. The average molecular weight is 499 g/mol. The van der Waals surface area contributed by atoms with E-state index in [-0.39, 0.29) is 64.7 Å². The fourth-order valence-electron chi connectivity index (χ4n) is 3.63. The summed E-state index contributed by atoms with van der Waals surface area (Å²) in [5.41, 5.74) is -0.455. The first-order chi connectivity index (χ1) is 14.3. The van der Waals surface area contributed by atoms with Crippen LogP contribution in [-0.4, -0.2) is 70.1 Å². The number of hydrogen-bond acceptors (Lipinski definition) is 9. The molecule has 2 aliphatic rings. The molecule has 0 bridgehead atoms. The number of hydrogen-bond donors (Lipinski definition) is 2. The summed E-state index contributed by atoms with van der Waals surface area (Å²) < 4.78 is 28.7. The van der Waals surface area contributed by atoms with Crippen LogP contribution < -0.4 is 69.3 Å². The van der Waals surface area contributed by atoms with Crippen LogP contribution in [0, 0.1) is 0 Å². The number of ether oxygens (including phenoxy) is 1. The fourth-order valence-corrected chi connectivity index (χ4v) is 5.91. The molecule has 1 aromatic rings. The molecule has 0 unspecified atom stereocenters. The van der Waals surface area contributed by atoms with Crippen LogP contribution in [0.1, 0.15) is 12.5 Å². The summed E-state index contributed by atoms with van der Waals surface area (Å²) in [4.78, 5) is 47.5. The maximum absolute atomic E-state index is 13.0. The van der Waals surface area contributed by atoms with Crippen molar-refractivity contribution in [3.05, 3.63) is 35.4 Å². The van der Waals surface area contributed by atoms with Crippen molar-refractivity contribution in [2.75, 3.05) is 6.61 Å². The second-order valence-corrected chi connectivity index (χ2v) is 9.69. The van der Waals surface area contributed by atoms with Crippen molar-refractivity contribution >= 4 is 33.7 Å². The summed E-state index contributed by atoms with van der Waals surface area (Å²) in [5.74, 6) is -6.92. The van der Waals surface area contributed by atoms with Gasteiger partial charge in [0.05, 0.1) is 12.0 Å². The zero-order valence-electron chi connectivity index (χ0n) is 17.8. The summed E-state index contributed by atoms with van der Waals surface area (Å²) in [6.45, 7) is 0.0516. The van der Waals surface area contributed by atoms with Crippen molar-refractivity contribution in [2.45, 2.75) is 29.5 Å². The van der Waals surface area contributed by atoms with E-state index in [1.165, 1.54) is 6.07 Å². The average Bonchev–Trinajstić information content (AvgIpc) is 2.83. The van der Waals surface area contributed by atoms with Gasteiger partial charge in [-0.25, -0.2) is 18.0 Å². The standard InChI is InChI=1S/C18H17NO11S.2Na/c1-18(7-30-13(24)5-8-2-3-10(20)11(21)4-8)14(17(26)27)19-15(25)9(6-12(22)23)16(19)31(18,28)29;;/h2-4,6,14,16,20-21H,5,7H2,1H3,(H,22,23)(H,26,27);;/q;2*+1/p-2/b9-6+;;/t14-,16+,18-;;/m0../s1. The molecule has 33 heavy (non-hydrogen) atoms. The third-order valence-corrected chi connectivity index (χ3v) is 7.90. The minimum absolute atomic E-state index is 0. The first-order valence-electron chi connectivity index (χ1n) is 8.67. The van der Waals surface area contributed by atoms with Crippen molar-refractivity contribution in [2.24, 2.45) is 0 Å². The molecule has 0 radical (unpaired) electrons. The van der Waals surface area contributed by atoms with E-state index in [1.54, 1.807) is 0 Å². The zero-order valence-corrected chi connectivity index (χ0v) is 22.6. The Morgan fingerprint density at radius 1 is 1.18 bits per heavy atom. The summed E-state index contributed by atoms with van der Waals surface area (Å²) in [7, 11) is -4.51. The van der Waals surface area contributed by atoms with E-state index in [1.807, 2.05) is 0 Å². The van der Waals surface area contributed by atoms with Crippen molar-refractivity contribution in [3.8, 4) is 11.5 Å². The Kier molecular flexibility index (Phi) is 9.22. The van der Waals surface area contributed by atoms with Crippen LogP contribution in [0.25, 0.3) is 0 Å². The van der Waals surface area contributed by atoms with Crippen LogP contribution in [0.5, 0.6) is 11.5 Å². The van der Waals surface area contributed by atoms with Crippen molar-refractivity contribution in [1.82, 2.24) is 4.90 Å². The molecule has 0 saturated carbocycles. The Balaban J connectivity index is 0.00000272. The third kappa shape index (κ3) is 4.94.